The Kier molecular flexibility index (Phi) is 6.40. The summed E-state index contributed by atoms with van der Waals surface area (Å²) in [5.41, 5.74) is 7.36. The summed E-state index contributed by atoms with van der Waals surface area (Å²) in [4.78, 5) is 13.8. The molecule has 180 valence electrons. The van der Waals surface area contributed by atoms with E-state index in [2.05, 4.69) is 21.4 Å². The molecule has 0 bridgehead atoms. The van der Waals surface area contributed by atoms with Gasteiger partial charge in [-0.25, -0.2) is 9.97 Å². The lowest BCUT2D eigenvalue weighted by Gasteiger charge is -2.21. The lowest BCUT2D eigenvalue weighted by molar-refractivity contribution is -0.0887. The Bertz CT molecular complexity index is 1380. The van der Waals surface area contributed by atoms with Crippen molar-refractivity contribution in [2.45, 2.75) is 25.1 Å². The van der Waals surface area contributed by atoms with Crippen molar-refractivity contribution in [1.29, 1.82) is 0 Å². The van der Waals surface area contributed by atoms with Crippen LogP contribution in [-0.4, -0.2) is 33.7 Å². The number of fused-ring (bicyclic) bond motifs is 1. The number of thiazole rings is 1. The Labute approximate surface area is 203 Å². The standard InChI is InChI=1S/C25H22F3N5OS/c26-25(27,28)19-5-1-15(2-6-19)9-20(29)12-32-24-33-22(21-13-31-14-34-21)23(35-24)17-3-4-18-11-30-8-7-16(18)10-17/h1,3-8,10-11,13-15,20H,2,9,12,29H2,(H,32,33)/t15?,20-/m0/s1. The fourth-order valence-electron chi connectivity index (χ4n) is 4.06. The van der Waals surface area contributed by atoms with Crippen LogP contribution in [-0.2, 0) is 0 Å². The van der Waals surface area contributed by atoms with Crippen LogP contribution in [0.15, 0.2) is 77.5 Å². The van der Waals surface area contributed by atoms with Gasteiger partial charge in [-0.15, -0.1) is 0 Å². The molecule has 0 fully saturated rings. The Hall–Kier alpha value is -3.50. The summed E-state index contributed by atoms with van der Waals surface area (Å²) in [6, 6.07) is 7.82. The number of alkyl halides is 3. The van der Waals surface area contributed by atoms with Crippen LogP contribution in [0.25, 0.3) is 32.7 Å². The molecule has 3 heterocycles. The molecule has 0 aliphatic heterocycles. The van der Waals surface area contributed by atoms with Crippen molar-refractivity contribution in [1.82, 2.24) is 15.0 Å². The number of aromatic nitrogens is 3. The van der Waals surface area contributed by atoms with E-state index in [0.29, 0.717) is 36.0 Å². The SMILES string of the molecule is N[C@H](CNc1nc(-c2cnco2)c(-c2ccc3cnccc3c2)s1)CC1C=CC(C(F)(F)F)=CC1. The van der Waals surface area contributed by atoms with Crippen LogP contribution in [0.5, 0.6) is 0 Å². The van der Waals surface area contributed by atoms with E-state index in [1.54, 1.807) is 18.5 Å². The molecule has 0 amide bonds. The Morgan fingerprint density at radius 3 is 2.80 bits per heavy atom. The molecular weight excluding hydrogens is 475 g/mol. The van der Waals surface area contributed by atoms with Crippen molar-refractivity contribution in [2.24, 2.45) is 11.7 Å². The van der Waals surface area contributed by atoms with Crippen molar-refractivity contribution in [3.63, 3.8) is 0 Å². The first-order valence-electron chi connectivity index (χ1n) is 11.1. The van der Waals surface area contributed by atoms with Gasteiger partial charge in [-0.05, 0) is 41.8 Å². The van der Waals surface area contributed by atoms with Gasteiger partial charge in [0, 0.05) is 30.4 Å². The number of benzene rings is 1. The summed E-state index contributed by atoms with van der Waals surface area (Å²) in [7, 11) is 0. The lowest BCUT2D eigenvalue weighted by Crippen LogP contribution is -2.31. The second-order valence-corrected chi connectivity index (χ2v) is 9.39. The smallest absolute Gasteiger partial charge is 0.416 e. The largest absolute Gasteiger partial charge is 0.442 e. The van der Waals surface area contributed by atoms with E-state index in [0.717, 1.165) is 27.3 Å². The van der Waals surface area contributed by atoms with Crippen molar-refractivity contribution in [3.05, 3.63) is 73.1 Å². The summed E-state index contributed by atoms with van der Waals surface area (Å²) in [6.07, 6.45) is 7.13. The number of nitrogens with one attached hydrogen (secondary N) is 1. The topological polar surface area (TPSA) is 89.9 Å². The molecule has 2 atom stereocenters. The van der Waals surface area contributed by atoms with Gasteiger partial charge in [0.15, 0.2) is 17.3 Å². The maximum absolute atomic E-state index is 12.8. The molecule has 0 spiro atoms. The second kappa shape index (κ2) is 9.63. The number of hydrogen-bond donors (Lipinski definition) is 2. The molecule has 0 radical (unpaired) electrons. The number of nitrogens with zero attached hydrogens (tertiary/aromatic N) is 3. The number of hydrogen-bond acceptors (Lipinski definition) is 7. The maximum Gasteiger partial charge on any atom is 0.416 e. The molecule has 3 N–H and O–H groups in total. The predicted octanol–water partition coefficient (Wildman–Crippen LogP) is 6.21. The molecule has 1 unspecified atom stereocenters. The number of oxazole rings is 1. The number of halogens is 3. The van der Waals surface area contributed by atoms with Crippen molar-refractivity contribution in [2.75, 3.05) is 11.9 Å². The summed E-state index contributed by atoms with van der Waals surface area (Å²) in [5.74, 6) is 0.532. The van der Waals surface area contributed by atoms with E-state index in [-0.39, 0.29) is 12.0 Å². The first-order chi connectivity index (χ1) is 16.9. The van der Waals surface area contributed by atoms with Crippen molar-refractivity contribution >= 4 is 27.2 Å². The molecule has 1 aliphatic carbocycles. The Morgan fingerprint density at radius 1 is 1.17 bits per heavy atom. The lowest BCUT2D eigenvalue weighted by atomic mass is 9.91. The summed E-state index contributed by atoms with van der Waals surface area (Å²) in [5, 5.41) is 6.07. The van der Waals surface area contributed by atoms with E-state index in [1.165, 1.54) is 23.8 Å². The zero-order valence-corrected chi connectivity index (χ0v) is 19.3. The van der Waals surface area contributed by atoms with Crippen LogP contribution in [0, 0.1) is 5.92 Å². The molecular formula is C25H22F3N5OS. The van der Waals surface area contributed by atoms with E-state index < -0.39 is 11.7 Å². The molecule has 3 aromatic heterocycles. The third kappa shape index (κ3) is 5.28. The van der Waals surface area contributed by atoms with Crippen LogP contribution in [0.2, 0.25) is 0 Å². The molecule has 10 heteroatoms. The monoisotopic (exact) mass is 497 g/mol. The van der Waals surface area contributed by atoms with E-state index in [1.807, 2.05) is 24.4 Å². The average molecular weight is 498 g/mol. The fourth-order valence-corrected chi connectivity index (χ4v) is 5.03. The van der Waals surface area contributed by atoms with Gasteiger partial charge in [0.05, 0.1) is 16.6 Å². The Balaban J connectivity index is 1.30. The highest BCUT2D eigenvalue weighted by Gasteiger charge is 2.33. The van der Waals surface area contributed by atoms with Crippen LogP contribution in [0.3, 0.4) is 0 Å². The number of allylic oxidation sites excluding steroid dienone is 4. The molecule has 0 saturated carbocycles. The highest BCUT2D eigenvalue weighted by atomic mass is 32.1. The van der Waals surface area contributed by atoms with Crippen molar-refractivity contribution < 1.29 is 17.6 Å². The number of rotatable bonds is 7. The van der Waals surface area contributed by atoms with E-state index in [4.69, 9.17) is 15.1 Å². The molecule has 4 aromatic rings. The van der Waals surface area contributed by atoms with Crippen LogP contribution in [0.1, 0.15) is 12.8 Å². The molecule has 0 saturated heterocycles. The first kappa shape index (κ1) is 23.3. The highest BCUT2D eigenvalue weighted by Crippen LogP contribution is 2.40. The van der Waals surface area contributed by atoms with Gasteiger partial charge in [-0.1, -0.05) is 41.7 Å². The zero-order valence-electron chi connectivity index (χ0n) is 18.5. The third-order valence-electron chi connectivity index (χ3n) is 5.83. The minimum Gasteiger partial charge on any atom is -0.442 e. The van der Waals surface area contributed by atoms with Crippen LogP contribution < -0.4 is 11.1 Å². The third-order valence-corrected chi connectivity index (χ3v) is 6.89. The van der Waals surface area contributed by atoms with Gasteiger partial charge in [-0.3, -0.25) is 4.98 Å². The second-order valence-electron chi connectivity index (χ2n) is 8.39. The zero-order chi connectivity index (χ0) is 24.4. The van der Waals surface area contributed by atoms with E-state index in [9.17, 15) is 13.2 Å². The van der Waals surface area contributed by atoms with Gasteiger partial charge in [0.1, 0.15) is 5.69 Å². The minimum absolute atomic E-state index is 0.0263. The van der Waals surface area contributed by atoms with Gasteiger partial charge in [0.2, 0.25) is 0 Å². The van der Waals surface area contributed by atoms with Crippen LogP contribution in [0.4, 0.5) is 18.3 Å². The summed E-state index contributed by atoms with van der Waals surface area (Å²) >= 11 is 1.48. The van der Waals surface area contributed by atoms with Gasteiger partial charge in [0.25, 0.3) is 0 Å². The molecule has 1 aliphatic rings. The first-order valence-corrected chi connectivity index (χ1v) is 11.9. The Morgan fingerprint density at radius 2 is 2.06 bits per heavy atom. The quantitative estimate of drug-likeness (QED) is 0.316. The number of pyridine rings is 1. The normalized spacial score (nSPS) is 16.9. The molecule has 1 aromatic carbocycles. The van der Waals surface area contributed by atoms with Gasteiger partial charge in [-0.2, -0.15) is 13.2 Å². The van der Waals surface area contributed by atoms with Crippen LogP contribution >= 0.6 is 11.3 Å². The maximum atomic E-state index is 12.8. The molecule has 35 heavy (non-hydrogen) atoms. The molecule has 6 nitrogen and oxygen atoms in total. The highest BCUT2D eigenvalue weighted by molar-refractivity contribution is 7.19. The van der Waals surface area contributed by atoms with Crippen molar-refractivity contribution in [3.8, 4) is 21.9 Å². The predicted molar refractivity (Wildman–Crippen MR) is 131 cm³/mol. The van der Waals surface area contributed by atoms with E-state index >= 15 is 0 Å². The van der Waals surface area contributed by atoms with Gasteiger partial charge < -0.3 is 15.5 Å². The average Bonchev–Trinajstić information content (AvgIpc) is 3.52. The van der Waals surface area contributed by atoms with Gasteiger partial charge >= 0.3 is 6.18 Å². The fraction of sp³-hybridized carbons (Fsp3) is 0.240. The summed E-state index contributed by atoms with van der Waals surface area (Å²) < 4.78 is 43.9. The molecule has 5 rings (SSSR count). The number of nitrogens with two attached hydrogens (primary N) is 1. The minimum atomic E-state index is -4.31. The summed E-state index contributed by atoms with van der Waals surface area (Å²) in [6.45, 7) is 0.437. The number of anilines is 1.